The average molecular weight is 286 g/mol. The van der Waals surface area contributed by atoms with Crippen LogP contribution in [0.3, 0.4) is 0 Å². The van der Waals surface area contributed by atoms with Crippen LogP contribution in [-0.2, 0) is 6.54 Å². The van der Waals surface area contributed by atoms with Gasteiger partial charge in [0.1, 0.15) is 5.69 Å². The van der Waals surface area contributed by atoms with Crippen LogP contribution in [0.4, 0.5) is 5.69 Å². The second-order valence-corrected chi connectivity index (χ2v) is 4.47. The molecule has 94 valence electrons. The maximum absolute atomic E-state index is 11.6. The molecule has 0 bridgehead atoms. The molecule has 0 fully saturated rings. The molecule has 0 atom stereocenters. The molecule has 0 aliphatic heterocycles. The van der Waals surface area contributed by atoms with Crippen molar-refractivity contribution in [1.29, 1.82) is 0 Å². The number of nitrogens with zero attached hydrogens (tertiary/aromatic N) is 1. The summed E-state index contributed by atoms with van der Waals surface area (Å²) in [6, 6.07) is 5.11. The molecule has 0 unspecified atom stereocenters. The van der Waals surface area contributed by atoms with E-state index < -0.39 is 11.2 Å². The second kappa shape index (κ2) is 4.88. The number of aromatic nitrogens is 2. The summed E-state index contributed by atoms with van der Waals surface area (Å²) in [5, 5.41) is 0.774. The third kappa shape index (κ3) is 2.42. The van der Waals surface area contributed by atoms with Gasteiger partial charge in [-0.05, 0) is 11.6 Å². The van der Waals surface area contributed by atoms with Crippen LogP contribution in [0.2, 0.25) is 10.0 Å². The Labute approximate surface area is 112 Å². The van der Waals surface area contributed by atoms with Crippen molar-refractivity contribution >= 4 is 28.9 Å². The van der Waals surface area contributed by atoms with Gasteiger partial charge in [0.25, 0.3) is 5.56 Å². The van der Waals surface area contributed by atoms with Gasteiger partial charge in [-0.3, -0.25) is 14.3 Å². The van der Waals surface area contributed by atoms with Crippen molar-refractivity contribution in [3.63, 3.8) is 0 Å². The smallest absolute Gasteiger partial charge is 0.328 e. The van der Waals surface area contributed by atoms with Crippen LogP contribution < -0.4 is 17.0 Å². The molecule has 0 spiro atoms. The first-order valence-electron chi connectivity index (χ1n) is 5.01. The Hall–Kier alpha value is -1.72. The van der Waals surface area contributed by atoms with Gasteiger partial charge < -0.3 is 5.73 Å². The zero-order valence-corrected chi connectivity index (χ0v) is 10.6. The highest BCUT2D eigenvalue weighted by Gasteiger charge is 2.07. The monoisotopic (exact) mass is 285 g/mol. The maximum atomic E-state index is 11.6. The maximum Gasteiger partial charge on any atom is 0.328 e. The van der Waals surface area contributed by atoms with Gasteiger partial charge in [-0.1, -0.05) is 35.3 Å². The Balaban J connectivity index is 2.47. The number of nitrogens with one attached hydrogen (secondary N) is 1. The van der Waals surface area contributed by atoms with E-state index in [-0.39, 0.29) is 12.2 Å². The van der Waals surface area contributed by atoms with E-state index in [0.29, 0.717) is 15.6 Å². The third-order valence-corrected chi connectivity index (χ3v) is 3.27. The molecule has 3 N–H and O–H groups in total. The Kier molecular flexibility index (Phi) is 3.45. The summed E-state index contributed by atoms with van der Waals surface area (Å²) in [5.74, 6) is 0. The number of anilines is 1. The molecule has 5 nitrogen and oxygen atoms in total. The van der Waals surface area contributed by atoms with Crippen LogP contribution in [-0.4, -0.2) is 9.55 Å². The molecule has 2 aromatic rings. The van der Waals surface area contributed by atoms with Gasteiger partial charge in [0.05, 0.1) is 16.6 Å². The topological polar surface area (TPSA) is 80.9 Å². The highest BCUT2D eigenvalue weighted by atomic mass is 35.5. The summed E-state index contributed by atoms with van der Waals surface area (Å²) in [7, 11) is 0. The van der Waals surface area contributed by atoms with Crippen molar-refractivity contribution in [2.24, 2.45) is 0 Å². The van der Waals surface area contributed by atoms with Gasteiger partial charge >= 0.3 is 5.69 Å². The van der Waals surface area contributed by atoms with Crippen molar-refractivity contribution in [2.75, 3.05) is 5.73 Å². The van der Waals surface area contributed by atoms with Crippen molar-refractivity contribution in [3.05, 3.63) is 60.8 Å². The minimum Gasteiger partial charge on any atom is -0.393 e. The third-order valence-electron chi connectivity index (χ3n) is 2.41. The van der Waals surface area contributed by atoms with E-state index in [0.717, 1.165) is 0 Å². The fraction of sp³-hybridized carbons (Fsp3) is 0.0909. The second-order valence-electron chi connectivity index (χ2n) is 3.68. The van der Waals surface area contributed by atoms with Crippen molar-refractivity contribution in [3.8, 4) is 0 Å². The molecule has 0 saturated carbocycles. The van der Waals surface area contributed by atoms with E-state index in [4.69, 9.17) is 28.9 Å². The molecular weight excluding hydrogens is 277 g/mol. The van der Waals surface area contributed by atoms with E-state index in [1.54, 1.807) is 18.2 Å². The van der Waals surface area contributed by atoms with Gasteiger partial charge in [0.2, 0.25) is 0 Å². The Bertz CT molecular complexity index is 706. The van der Waals surface area contributed by atoms with Gasteiger partial charge in [0, 0.05) is 6.20 Å². The summed E-state index contributed by atoms with van der Waals surface area (Å²) < 4.78 is 1.26. The van der Waals surface area contributed by atoms with E-state index in [1.807, 2.05) is 0 Å². The van der Waals surface area contributed by atoms with Crippen LogP contribution in [0.15, 0.2) is 34.0 Å². The van der Waals surface area contributed by atoms with Gasteiger partial charge in [0.15, 0.2) is 0 Å². The van der Waals surface area contributed by atoms with E-state index >= 15 is 0 Å². The predicted molar refractivity (Wildman–Crippen MR) is 71.3 cm³/mol. The standard InChI is InChI=1S/C11H9Cl2N3O2/c12-7-3-1-2-6(9(7)13)4-16-5-8(14)10(17)15-11(16)18/h1-3,5H,4,14H2,(H,15,17,18). The fourth-order valence-corrected chi connectivity index (χ4v) is 1.88. The van der Waals surface area contributed by atoms with Crippen LogP contribution in [0.5, 0.6) is 0 Å². The molecule has 7 heteroatoms. The largest absolute Gasteiger partial charge is 0.393 e. The number of nitrogens with two attached hydrogens (primary N) is 1. The lowest BCUT2D eigenvalue weighted by atomic mass is 10.2. The molecule has 0 saturated heterocycles. The predicted octanol–water partition coefficient (Wildman–Crippen LogP) is 1.47. The van der Waals surface area contributed by atoms with Gasteiger partial charge in [-0.2, -0.15) is 0 Å². The van der Waals surface area contributed by atoms with Crippen molar-refractivity contribution < 1.29 is 0 Å². The fourth-order valence-electron chi connectivity index (χ4n) is 1.50. The molecule has 18 heavy (non-hydrogen) atoms. The van der Waals surface area contributed by atoms with E-state index in [9.17, 15) is 9.59 Å². The molecular formula is C11H9Cl2N3O2. The SMILES string of the molecule is Nc1cn(Cc2cccc(Cl)c2Cl)c(=O)[nH]c1=O. The minimum atomic E-state index is -0.603. The molecule has 0 amide bonds. The highest BCUT2D eigenvalue weighted by molar-refractivity contribution is 6.42. The highest BCUT2D eigenvalue weighted by Crippen LogP contribution is 2.25. The molecule has 1 heterocycles. The van der Waals surface area contributed by atoms with Gasteiger partial charge in [-0.15, -0.1) is 0 Å². The Morgan fingerprint density at radius 1 is 1.28 bits per heavy atom. The quantitative estimate of drug-likeness (QED) is 0.877. The van der Waals surface area contributed by atoms with Crippen LogP contribution in [0, 0.1) is 0 Å². The number of hydrogen-bond acceptors (Lipinski definition) is 3. The first-order valence-corrected chi connectivity index (χ1v) is 5.77. The first kappa shape index (κ1) is 12.7. The number of H-pyrrole nitrogens is 1. The summed E-state index contributed by atoms with van der Waals surface area (Å²) in [6.07, 6.45) is 1.28. The number of rotatable bonds is 2. The minimum absolute atomic E-state index is 0.0345. The number of benzene rings is 1. The zero-order chi connectivity index (χ0) is 13.3. The number of halogens is 2. The lowest BCUT2D eigenvalue weighted by Gasteiger charge is -2.08. The first-order chi connectivity index (χ1) is 8.49. The Morgan fingerprint density at radius 3 is 2.72 bits per heavy atom. The Morgan fingerprint density at radius 2 is 2.00 bits per heavy atom. The molecule has 0 radical (unpaired) electrons. The summed E-state index contributed by atoms with van der Waals surface area (Å²) >= 11 is 11.9. The zero-order valence-electron chi connectivity index (χ0n) is 9.11. The van der Waals surface area contributed by atoms with Crippen LogP contribution in [0.25, 0.3) is 0 Å². The van der Waals surface area contributed by atoms with Gasteiger partial charge in [-0.25, -0.2) is 4.79 Å². The average Bonchev–Trinajstić information content (AvgIpc) is 2.32. The van der Waals surface area contributed by atoms with Crippen molar-refractivity contribution in [2.45, 2.75) is 6.54 Å². The molecule has 0 aliphatic rings. The van der Waals surface area contributed by atoms with E-state index in [1.165, 1.54) is 10.8 Å². The summed E-state index contributed by atoms with van der Waals surface area (Å²) in [6.45, 7) is 0.180. The van der Waals surface area contributed by atoms with Crippen molar-refractivity contribution in [1.82, 2.24) is 9.55 Å². The normalized spacial score (nSPS) is 10.6. The van der Waals surface area contributed by atoms with Crippen LogP contribution >= 0.6 is 23.2 Å². The molecule has 1 aromatic carbocycles. The number of hydrogen-bond donors (Lipinski definition) is 2. The van der Waals surface area contributed by atoms with E-state index in [2.05, 4.69) is 4.98 Å². The lowest BCUT2D eigenvalue weighted by molar-refractivity contribution is 0.723. The van der Waals surface area contributed by atoms with Crippen LogP contribution in [0.1, 0.15) is 5.56 Å². The lowest BCUT2D eigenvalue weighted by Crippen LogP contribution is -2.31. The summed E-state index contributed by atoms with van der Waals surface area (Å²) in [5.41, 5.74) is 4.92. The number of nitrogen functional groups attached to an aromatic ring is 1. The molecule has 1 aromatic heterocycles. The number of aromatic amines is 1. The molecule has 2 rings (SSSR count). The molecule has 0 aliphatic carbocycles. The summed E-state index contributed by atoms with van der Waals surface area (Å²) in [4.78, 5) is 24.8.